The zero-order valence-corrected chi connectivity index (χ0v) is 13.1. The monoisotopic (exact) mass is 294 g/mol. The second-order valence-electron chi connectivity index (χ2n) is 4.49. The Bertz CT molecular complexity index is 490. The molecule has 2 rings (SSSR count). The number of ether oxygens (including phenoxy) is 2. The first-order valence-corrected chi connectivity index (χ1v) is 7.88. The summed E-state index contributed by atoms with van der Waals surface area (Å²) in [5, 5.41) is 4.52. The van der Waals surface area contributed by atoms with Crippen molar-refractivity contribution in [2.75, 3.05) is 19.8 Å². The smallest absolute Gasteiger partial charge is 0.169 e. The van der Waals surface area contributed by atoms with Gasteiger partial charge in [0.15, 0.2) is 6.29 Å². The van der Waals surface area contributed by atoms with Crippen LogP contribution in [-0.2, 0) is 9.47 Å². The van der Waals surface area contributed by atoms with Crippen LogP contribution in [0.15, 0.2) is 24.3 Å². The van der Waals surface area contributed by atoms with Crippen LogP contribution in [0, 0.1) is 0 Å². The van der Waals surface area contributed by atoms with E-state index in [1.54, 1.807) is 11.3 Å². The second-order valence-corrected chi connectivity index (χ2v) is 5.55. The minimum absolute atomic E-state index is 0.191. The molecule has 1 N–H and O–H groups in total. The summed E-state index contributed by atoms with van der Waals surface area (Å²) < 4.78 is 12.3. The fourth-order valence-corrected chi connectivity index (χ4v) is 2.97. The molecule has 0 aliphatic carbocycles. The molecule has 1 atom stereocenters. The summed E-state index contributed by atoms with van der Waals surface area (Å²) in [6, 6.07) is 8.40. The summed E-state index contributed by atoms with van der Waals surface area (Å²) in [4.78, 5) is 4.66. The van der Waals surface area contributed by atoms with Gasteiger partial charge in [-0.2, -0.15) is 0 Å². The van der Waals surface area contributed by atoms with Gasteiger partial charge in [-0.05, 0) is 32.9 Å². The lowest BCUT2D eigenvalue weighted by atomic mass is 10.3. The zero-order valence-electron chi connectivity index (χ0n) is 12.3. The third-order valence-electron chi connectivity index (χ3n) is 2.98. The van der Waals surface area contributed by atoms with Gasteiger partial charge in [-0.15, -0.1) is 11.3 Å². The van der Waals surface area contributed by atoms with Crippen LogP contribution in [0.4, 0.5) is 0 Å². The molecule has 20 heavy (non-hydrogen) atoms. The predicted molar refractivity (Wildman–Crippen MR) is 83.1 cm³/mol. The van der Waals surface area contributed by atoms with Gasteiger partial charge in [-0.25, -0.2) is 4.98 Å². The van der Waals surface area contributed by atoms with Gasteiger partial charge in [0, 0.05) is 19.8 Å². The first-order chi connectivity index (χ1) is 9.74. The maximum absolute atomic E-state index is 5.53. The Hall–Kier alpha value is -1.01. The summed E-state index contributed by atoms with van der Waals surface area (Å²) in [7, 11) is 0. The van der Waals surface area contributed by atoms with Crippen molar-refractivity contribution in [3.05, 3.63) is 29.3 Å². The number of benzene rings is 1. The van der Waals surface area contributed by atoms with E-state index >= 15 is 0 Å². The topological polar surface area (TPSA) is 43.4 Å². The lowest BCUT2D eigenvalue weighted by molar-refractivity contribution is -0.133. The van der Waals surface area contributed by atoms with Crippen molar-refractivity contribution in [1.82, 2.24) is 10.3 Å². The molecule has 0 aliphatic rings. The molecule has 110 valence electrons. The molecule has 0 radical (unpaired) electrons. The van der Waals surface area contributed by atoms with Gasteiger partial charge in [0.2, 0.25) is 0 Å². The highest BCUT2D eigenvalue weighted by Gasteiger charge is 2.14. The van der Waals surface area contributed by atoms with Crippen LogP contribution in [-0.4, -0.2) is 31.0 Å². The Kier molecular flexibility index (Phi) is 5.91. The van der Waals surface area contributed by atoms with Crippen molar-refractivity contribution in [2.45, 2.75) is 33.1 Å². The van der Waals surface area contributed by atoms with Crippen LogP contribution in [0.1, 0.15) is 31.8 Å². The summed E-state index contributed by atoms with van der Waals surface area (Å²) in [5.41, 5.74) is 1.06. The first-order valence-electron chi connectivity index (χ1n) is 7.06. The normalized spacial score (nSPS) is 13.2. The number of rotatable bonds is 8. The molecule has 4 nitrogen and oxygen atoms in total. The third kappa shape index (κ3) is 3.99. The summed E-state index contributed by atoms with van der Waals surface area (Å²) in [5.74, 6) is 0. The predicted octanol–water partition coefficient (Wildman–Crippen LogP) is 3.35. The highest BCUT2D eigenvalue weighted by Crippen LogP contribution is 2.25. The lowest BCUT2D eigenvalue weighted by Gasteiger charge is -2.19. The van der Waals surface area contributed by atoms with Crippen molar-refractivity contribution in [1.29, 1.82) is 0 Å². The Morgan fingerprint density at radius 1 is 1.20 bits per heavy atom. The standard InChI is InChI=1S/C15H22N2O2S/c1-4-18-14(19-5-2)10-16-11(3)15-17-12-8-6-7-9-13(12)20-15/h6-9,11,14,16H,4-5,10H2,1-3H3. The number of para-hydroxylation sites is 1. The van der Waals surface area contributed by atoms with Crippen LogP contribution >= 0.6 is 11.3 Å². The molecule has 1 aromatic heterocycles. The van der Waals surface area contributed by atoms with Crippen LogP contribution < -0.4 is 5.32 Å². The number of hydrogen-bond acceptors (Lipinski definition) is 5. The number of nitrogens with zero attached hydrogens (tertiary/aromatic N) is 1. The quantitative estimate of drug-likeness (QED) is 0.758. The molecule has 0 saturated carbocycles. The van der Waals surface area contributed by atoms with Gasteiger partial charge in [0.05, 0.1) is 16.3 Å². The molecule has 0 spiro atoms. The molecular formula is C15H22N2O2S. The van der Waals surface area contributed by atoms with Gasteiger partial charge in [-0.1, -0.05) is 12.1 Å². The SMILES string of the molecule is CCOC(CNC(C)c1nc2ccccc2s1)OCC. The molecule has 0 aliphatic heterocycles. The summed E-state index contributed by atoms with van der Waals surface area (Å²) in [6.07, 6.45) is -0.193. The largest absolute Gasteiger partial charge is 0.352 e. The minimum Gasteiger partial charge on any atom is -0.352 e. The van der Waals surface area contributed by atoms with Crippen LogP contribution in [0.3, 0.4) is 0 Å². The highest BCUT2D eigenvalue weighted by molar-refractivity contribution is 7.18. The average Bonchev–Trinajstić information content (AvgIpc) is 2.89. The highest BCUT2D eigenvalue weighted by atomic mass is 32.1. The summed E-state index contributed by atoms with van der Waals surface area (Å²) in [6.45, 7) is 8.04. The van der Waals surface area contributed by atoms with Crippen LogP contribution in [0.2, 0.25) is 0 Å². The number of thiazole rings is 1. The van der Waals surface area contributed by atoms with E-state index in [1.165, 1.54) is 4.70 Å². The lowest BCUT2D eigenvalue weighted by Crippen LogP contribution is -2.33. The molecule has 0 fully saturated rings. The Balaban J connectivity index is 1.95. The summed E-state index contributed by atoms with van der Waals surface area (Å²) >= 11 is 1.73. The molecule has 0 saturated heterocycles. The second kappa shape index (κ2) is 7.69. The number of fused-ring (bicyclic) bond motifs is 1. The fraction of sp³-hybridized carbons (Fsp3) is 0.533. The number of aromatic nitrogens is 1. The van der Waals surface area contributed by atoms with Gasteiger partial charge >= 0.3 is 0 Å². The van der Waals surface area contributed by atoms with Crippen LogP contribution in [0.25, 0.3) is 10.2 Å². The first kappa shape index (κ1) is 15.4. The van der Waals surface area contributed by atoms with E-state index in [0.717, 1.165) is 10.5 Å². The van der Waals surface area contributed by atoms with Gasteiger partial charge in [-0.3, -0.25) is 0 Å². The Morgan fingerprint density at radius 2 is 1.90 bits per heavy atom. The van der Waals surface area contributed by atoms with E-state index < -0.39 is 0 Å². The molecule has 2 aromatic rings. The molecule has 0 amide bonds. The van der Waals surface area contributed by atoms with Crippen molar-refractivity contribution < 1.29 is 9.47 Å². The van der Waals surface area contributed by atoms with Gasteiger partial charge in [0.1, 0.15) is 5.01 Å². The van der Waals surface area contributed by atoms with Gasteiger partial charge in [0.25, 0.3) is 0 Å². The third-order valence-corrected chi connectivity index (χ3v) is 4.20. The molecule has 1 heterocycles. The maximum atomic E-state index is 5.53. The number of nitrogens with one attached hydrogen (secondary N) is 1. The van der Waals surface area contributed by atoms with E-state index in [9.17, 15) is 0 Å². The van der Waals surface area contributed by atoms with Crippen molar-refractivity contribution in [3.63, 3.8) is 0 Å². The maximum Gasteiger partial charge on any atom is 0.169 e. The van der Waals surface area contributed by atoms with Crippen molar-refractivity contribution in [3.8, 4) is 0 Å². The van der Waals surface area contributed by atoms with E-state index in [1.807, 2.05) is 32.0 Å². The average molecular weight is 294 g/mol. The van der Waals surface area contributed by atoms with E-state index in [4.69, 9.17) is 9.47 Å². The van der Waals surface area contributed by atoms with E-state index in [-0.39, 0.29) is 12.3 Å². The Morgan fingerprint density at radius 3 is 2.55 bits per heavy atom. The zero-order chi connectivity index (χ0) is 14.4. The van der Waals surface area contributed by atoms with E-state index in [2.05, 4.69) is 23.3 Å². The number of hydrogen-bond donors (Lipinski definition) is 1. The van der Waals surface area contributed by atoms with Crippen molar-refractivity contribution >= 4 is 21.6 Å². The van der Waals surface area contributed by atoms with Crippen molar-refractivity contribution in [2.24, 2.45) is 0 Å². The fourth-order valence-electron chi connectivity index (χ4n) is 1.97. The Labute approximate surface area is 124 Å². The molecular weight excluding hydrogens is 272 g/mol. The molecule has 1 aromatic carbocycles. The van der Waals surface area contributed by atoms with Crippen LogP contribution in [0.5, 0.6) is 0 Å². The van der Waals surface area contributed by atoms with Gasteiger partial charge < -0.3 is 14.8 Å². The molecule has 0 bridgehead atoms. The van der Waals surface area contributed by atoms with E-state index in [0.29, 0.717) is 19.8 Å². The molecule has 1 unspecified atom stereocenters. The minimum atomic E-state index is -0.193. The molecule has 5 heteroatoms.